The van der Waals surface area contributed by atoms with Gasteiger partial charge in [0.2, 0.25) is 0 Å². The van der Waals surface area contributed by atoms with Gasteiger partial charge in [0.25, 0.3) is 0 Å². The molecule has 98 valence electrons. The molecule has 0 bridgehead atoms. The van der Waals surface area contributed by atoms with Gasteiger partial charge in [0, 0.05) is 20.3 Å². The lowest BCUT2D eigenvalue weighted by molar-refractivity contribution is 0.112. The molecule has 16 heavy (non-hydrogen) atoms. The summed E-state index contributed by atoms with van der Waals surface area (Å²) in [5.41, 5.74) is 5.33. The third-order valence-electron chi connectivity index (χ3n) is 2.34. The van der Waals surface area contributed by atoms with Crippen LogP contribution in [0.4, 0.5) is 0 Å². The Bertz CT molecular complexity index is 254. The van der Waals surface area contributed by atoms with Gasteiger partial charge in [-0.25, -0.2) is 8.42 Å². The first-order chi connectivity index (χ1) is 7.54. The fraction of sp³-hybridized carbons (Fsp3) is 1.00. The summed E-state index contributed by atoms with van der Waals surface area (Å²) in [6, 6.07) is 0. The first kappa shape index (κ1) is 15.8. The first-order valence-corrected chi connectivity index (χ1v) is 7.24. The summed E-state index contributed by atoms with van der Waals surface area (Å²) in [7, 11) is -1.43. The van der Waals surface area contributed by atoms with E-state index >= 15 is 0 Å². The highest BCUT2D eigenvalue weighted by molar-refractivity contribution is 7.92. The van der Waals surface area contributed by atoms with Gasteiger partial charge < -0.3 is 15.2 Å². The molecule has 0 aliphatic heterocycles. The van der Waals surface area contributed by atoms with Crippen LogP contribution in [0.5, 0.6) is 0 Å². The second kappa shape index (κ2) is 8.92. The molecule has 0 radical (unpaired) electrons. The van der Waals surface area contributed by atoms with Crippen molar-refractivity contribution in [2.45, 2.75) is 25.0 Å². The van der Waals surface area contributed by atoms with E-state index in [1.165, 1.54) is 0 Å². The molecule has 1 unspecified atom stereocenters. The Morgan fingerprint density at radius 1 is 1.25 bits per heavy atom. The van der Waals surface area contributed by atoms with Gasteiger partial charge in [0.05, 0.1) is 17.6 Å². The lowest BCUT2D eigenvalue weighted by Gasteiger charge is -2.11. The van der Waals surface area contributed by atoms with Gasteiger partial charge >= 0.3 is 0 Å². The molecule has 2 N–H and O–H groups in total. The molecule has 0 saturated carbocycles. The Morgan fingerprint density at radius 2 is 1.94 bits per heavy atom. The molecule has 0 rings (SSSR count). The van der Waals surface area contributed by atoms with Crippen molar-refractivity contribution in [3.8, 4) is 0 Å². The second-order valence-corrected chi connectivity index (χ2v) is 6.25. The Morgan fingerprint density at radius 3 is 2.50 bits per heavy atom. The SMILES string of the molecule is COCCCOCCS(=O)(=O)C(C)CCN. The fourth-order valence-electron chi connectivity index (χ4n) is 1.20. The Labute approximate surface area is 98.2 Å². The van der Waals surface area contributed by atoms with E-state index in [4.69, 9.17) is 15.2 Å². The zero-order valence-corrected chi connectivity index (χ0v) is 11.0. The summed E-state index contributed by atoms with van der Waals surface area (Å²) in [6.45, 7) is 3.51. The summed E-state index contributed by atoms with van der Waals surface area (Å²) in [5.74, 6) is 0.0706. The number of rotatable bonds is 10. The lowest BCUT2D eigenvalue weighted by atomic mass is 10.3. The summed E-state index contributed by atoms with van der Waals surface area (Å²) in [4.78, 5) is 0. The largest absolute Gasteiger partial charge is 0.385 e. The highest BCUT2D eigenvalue weighted by atomic mass is 32.2. The molecule has 0 aliphatic carbocycles. The monoisotopic (exact) mass is 253 g/mol. The number of sulfone groups is 1. The number of methoxy groups -OCH3 is 1. The zero-order valence-electron chi connectivity index (χ0n) is 10.1. The average Bonchev–Trinajstić information content (AvgIpc) is 2.23. The molecule has 0 aromatic carbocycles. The van der Waals surface area contributed by atoms with Crippen molar-refractivity contribution in [1.29, 1.82) is 0 Å². The van der Waals surface area contributed by atoms with Gasteiger partial charge in [-0.2, -0.15) is 0 Å². The van der Waals surface area contributed by atoms with Crippen LogP contribution in [-0.4, -0.2) is 52.9 Å². The van der Waals surface area contributed by atoms with Crippen molar-refractivity contribution in [2.24, 2.45) is 5.73 Å². The maximum absolute atomic E-state index is 11.6. The maximum atomic E-state index is 11.6. The van der Waals surface area contributed by atoms with E-state index in [0.29, 0.717) is 26.2 Å². The molecular weight excluding hydrogens is 230 g/mol. The quantitative estimate of drug-likeness (QED) is 0.562. The van der Waals surface area contributed by atoms with Crippen LogP contribution in [0.2, 0.25) is 0 Å². The van der Waals surface area contributed by atoms with Crippen LogP contribution >= 0.6 is 0 Å². The first-order valence-electron chi connectivity index (χ1n) is 5.53. The van der Waals surface area contributed by atoms with Crippen LogP contribution in [0.3, 0.4) is 0 Å². The van der Waals surface area contributed by atoms with Crippen molar-refractivity contribution >= 4 is 9.84 Å². The molecule has 0 spiro atoms. The van der Waals surface area contributed by atoms with Crippen LogP contribution in [0.25, 0.3) is 0 Å². The molecule has 0 amide bonds. The summed E-state index contributed by atoms with van der Waals surface area (Å²) < 4.78 is 33.4. The third kappa shape index (κ3) is 7.16. The minimum absolute atomic E-state index is 0.0706. The molecule has 0 heterocycles. The summed E-state index contributed by atoms with van der Waals surface area (Å²) in [6.07, 6.45) is 1.29. The molecule has 0 aromatic heterocycles. The van der Waals surface area contributed by atoms with Crippen molar-refractivity contribution in [1.82, 2.24) is 0 Å². The van der Waals surface area contributed by atoms with Crippen LogP contribution in [0.15, 0.2) is 0 Å². The standard InChI is InChI=1S/C10H23NO4S/c1-10(4-5-11)16(12,13)9-8-15-7-3-6-14-2/h10H,3-9,11H2,1-2H3. The van der Waals surface area contributed by atoms with E-state index in [2.05, 4.69) is 0 Å². The smallest absolute Gasteiger partial charge is 0.155 e. The van der Waals surface area contributed by atoms with Crippen LogP contribution in [0.1, 0.15) is 19.8 Å². The van der Waals surface area contributed by atoms with E-state index < -0.39 is 9.84 Å². The Kier molecular flexibility index (Phi) is 8.83. The number of ether oxygens (including phenoxy) is 2. The highest BCUT2D eigenvalue weighted by Crippen LogP contribution is 2.05. The van der Waals surface area contributed by atoms with Gasteiger partial charge in [-0.05, 0) is 26.3 Å². The zero-order chi connectivity index (χ0) is 12.4. The predicted molar refractivity (Wildman–Crippen MR) is 64.2 cm³/mol. The van der Waals surface area contributed by atoms with Crippen molar-refractivity contribution in [2.75, 3.05) is 39.2 Å². The minimum atomic E-state index is -3.05. The van der Waals surface area contributed by atoms with Crippen molar-refractivity contribution < 1.29 is 17.9 Å². The van der Waals surface area contributed by atoms with Gasteiger partial charge in [-0.1, -0.05) is 0 Å². The van der Waals surface area contributed by atoms with Crippen LogP contribution in [-0.2, 0) is 19.3 Å². The maximum Gasteiger partial charge on any atom is 0.155 e. The summed E-state index contributed by atoms with van der Waals surface area (Å²) >= 11 is 0. The molecule has 0 fully saturated rings. The summed E-state index contributed by atoms with van der Waals surface area (Å²) in [5, 5.41) is -0.375. The molecule has 6 heteroatoms. The van der Waals surface area contributed by atoms with E-state index in [1.807, 2.05) is 0 Å². The van der Waals surface area contributed by atoms with Gasteiger partial charge in [-0.3, -0.25) is 0 Å². The van der Waals surface area contributed by atoms with Crippen molar-refractivity contribution in [3.63, 3.8) is 0 Å². The van der Waals surface area contributed by atoms with E-state index in [0.717, 1.165) is 6.42 Å². The Hall–Kier alpha value is -0.170. The van der Waals surface area contributed by atoms with Gasteiger partial charge in [-0.15, -0.1) is 0 Å². The molecule has 5 nitrogen and oxygen atoms in total. The highest BCUT2D eigenvalue weighted by Gasteiger charge is 2.19. The molecule has 0 aliphatic rings. The number of nitrogens with two attached hydrogens (primary N) is 1. The number of hydrogen-bond acceptors (Lipinski definition) is 5. The molecule has 0 saturated heterocycles. The second-order valence-electron chi connectivity index (χ2n) is 3.71. The third-order valence-corrected chi connectivity index (χ3v) is 4.53. The number of hydrogen-bond donors (Lipinski definition) is 1. The van der Waals surface area contributed by atoms with E-state index in [9.17, 15) is 8.42 Å². The van der Waals surface area contributed by atoms with Gasteiger partial charge in [0.15, 0.2) is 9.84 Å². The Balaban J connectivity index is 3.66. The van der Waals surface area contributed by atoms with Gasteiger partial charge in [0.1, 0.15) is 0 Å². The molecule has 0 aromatic rings. The van der Waals surface area contributed by atoms with Crippen LogP contribution in [0, 0.1) is 0 Å². The minimum Gasteiger partial charge on any atom is -0.385 e. The van der Waals surface area contributed by atoms with E-state index in [-0.39, 0.29) is 17.6 Å². The molecular formula is C10H23NO4S. The lowest BCUT2D eigenvalue weighted by Crippen LogP contribution is -2.26. The topological polar surface area (TPSA) is 78.6 Å². The van der Waals surface area contributed by atoms with E-state index in [1.54, 1.807) is 14.0 Å². The normalized spacial score (nSPS) is 13.9. The average molecular weight is 253 g/mol. The fourth-order valence-corrected chi connectivity index (χ4v) is 2.45. The van der Waals surface area contributed by atoms with Crippen molar-refractivity contribution in [3.05, 3.63) is 0 Å². The predicted octanol–water partition coefficient (Wildman–Crippen LogP) is 0.192. The molecule has 1 atom stereocenters. The van der Waals surface area contributed by atoms with Crippen LogP contribution < -0.4 is 5.73 Å².